The zero-order valence-electron chi connectivity index (χ0n) is 15.1. The number of amides is 1. The highest BCUT2D eigenvalue weighted by atomic mass is 16.5. The maximum Gasteiger partial charge on any atom is 0.255 e. The number of aliphatic hydroxyl groups is 1. The highest BCUT2D eigenvalue weighted by Crippen LogP contribution is 2.24. The van der Waals surface area contributed by atoms with E-state index in [1.54, 1.807) is 12.0 Å². The molecule has 3 rings (SSSR count). The van der Waals surface area contributed by atoms with Gasteiger partial charge in [0.05, 0.1) is 12.3 Å². The predicted octanol–water partition coefficient (Wildman–Crippen LogP) is 0.768. The number of hydrogen-bond donors (Lipinski definition) is 3. The van der Waals surface area contributed by atoms with Crippen molar-refractivity contribution in [2.75, 3.05) is 33.4 Å². The third-order valence-electron chi connectivity index (χ3n) is 5.37. The fourth-order valence-corrected chi connectivity index (χ4v) is 3.90. The van der Waals surface area contributed by atoms with Crippen molar-refractivity contribution >= 4 is 5.91 Å². The molecule has 1 aliphatic heterocycles. The monoisotopic (exact) mass is 350 g/mol. The summed E-state index contributed by atoms with van der Waals surface area (Å²) in [6.07, 6.45) is 7.13. The smallest absolute Gasteiger partial charge is 0.255 e. The summed E-state index contributed by atoms with van der Waals surface area (Å²) in [5.74, 6) is -0.191. The van der Waals surface area contributed by atoms with Gasteiger partial charge in [0.1, 0.15) is 0 Å². The highest BCUT2D eigenvalue weighted by molar-refractivity contribution is 5.86. The molecule has 0 bridgehead atoms. The maximum absolute atomic E-state index is 12.6. The number of piperidine rings is 1. The van der Waals surface area contributed by atoms with Crippen LogP contribution in [0, 0.1) is 0 Å². The average Bonchev–Trinajstić information content (AvgIpc) is 2.83. The van der Waals surface area contributed by atoms with Gasteiger partial charge in [-0.15, -0.1) is 0 Å². The number of aromatic nitrogens is 2. The van der Waals surface area contributed by atoms with Crippen LogP contribution in [0.2, 0.25) is 0 Å². The number of aryl methyl sites for hydroxylation is 1. The Hall–Kier alpha value is -1.44. The Labute approximate surface area is 149 Å². The van der Waals surface area contributed by atoms with Crippen molar-refractivity contribution < 1.29 is 14.6 Å². The molecule has 7 heteroatoms. The minimum Gasteiger partial charge on any atom is -0.383 e. The van der Waals surface area contributed by atoms with Crippen molar-refractivity contribution in [1.82, 2.24) is 20.4 Å². The molecule has 3 N–H and O–H groups in total. The van der Waals surface area contributed by atoms with Gasteiger partial charge in [-0.3, -0.25) is 9.89 Å². The van der Waals surface area contributed by atoms with Crippen LogP contribution < -0.4 is 5.32 Å². The molecule has 25 heavy (non-hydrogen) atoms. The number of H-pyrrole nitrogens is 1. The fraction of sp³-hybridized carbons (Fsp3) is 0.778. The Morgan fingerprint density at radius 3 is 3.00 bits per heavy atom. The molecule has 1 aliphatic carbocycles. The molecular weight excluding hydrogens is 320 g/mol. The Kier molecular flexibility index (Phi) is 6.09. The van der Waals surface area contributed by atoms with Crippen LogP contribution in [-0.4, -0.2) is 65.1 Å². The van der Waals surface area contributed by atoms with E-state index in [-0.39, 0.29) is 12.5 Å². The van der Waals surface area contributed by atoms with E-state index in [9.17, 15) is 9.90 Å². The van der Waals surface area contributed by atoms with Gasteiger partial charge in [-0.25, -0.2) is 0 Å². The number of methoxy groups -OCH3 is 1. The molecule has 1 amide bonds. The van der Waals surface area contributed by atoms with E-state index in [1.165, 1.54) is 30.5 Å². The molecule has 1 aromatic heterocycles. The lowest BCUT2D eigenvalue weighted by Crippen LogP contribution is -2.58. The van der Waals surface area contributed by atoms with Crippen molar-refractivity contribution in [1.29, 1.82) is 0 Å². The SMILES string of the molecule is COCCN1CCCC(O)(CNCc2n[nH]c3c2CCCCC3)C1=O. The molecule has 2 heterocycles. The van der Waals surface area contributed by atoms with E-state index in [2.05, 4.69) is 15.5 Å². The lowest BCUT2D eigenvalue weighted by molar-refractivity contribution is -0.157. The maximum atomic E-state index is 12.6. The van der Waals surface area contributed by atoms with Gasteiger partial charge in [-0.2, -0.15) is 5.10 Å². The largest absolute Gasteiger partial charge is 0.383 e. The van der Waals surface area contributed by atoms with Crippen LogP contribution in [0.3, 0.4) is 0 Å². The van der Waals surface area contributed by atoms with E-state index in [0.717, 1.165) is 25.0 Å². The van der Waals surface area contributed by atoms with Crippen molar-refractivity contribution in [3.8, 4) is 0 Å². The molecule has 7 nitrogen and oxygen atoms in total. The molecule has 1 fully saturated rings. The predicted molar refractivity (Wildman–Crippen MR) is 94.2 cm³/mol. The van der Waals surface area contributed by atoms with Crippen molar-refractivity contribution in [2.45, 2.75) is 57.1 Å². The van der Waals surface area contributed by atoms with Crippen LogP contribution in [0.4, 0.5) is 0 Å². The van der Waals surface area contributed by atoms with Gasteiger partial charge in [-0.1, -0.05) is 6.42 Å². The van der Waals surface area contributed by atoms with E-state index >= 15 is 0 Å². The zero-order chi connectivity index (χ0) is 17.7. The molecule has 1 aromatic rings. The molecule has 1 unspecified atom stereocenters. The number of carbonyl (C=O) groups is 1. The van der Waals surface area contributed by atoms with Crippen LogP contribution >= 0.6 is 0 Å². The van der Waals surface area contributed by atoms with Gasteiger partial charge in [-0.05, 0) is 44.1 Å². The molecule has 0 aromatic carbocycles. The molecule has 2 aliphatic rings. The second-order valence-electron chi connectivity index (χ2n) is 7.21. The van der Waals surface area contributed by atoms with E-state index in [4.69, 9.17) is 4.74 Å². The van der Waals surface area contributed by atoms with Crippen molar-refractivity contribution in [2.24, 2.45) is 0 Å². The molecule has 140 valence electrons. The number of rotatable bonds is 7. The number of likely N-dealkylation sites (tertiary alicyclic amines) is 1. The fourth-order valence-electron chi connectivity index (χ4n) is 3.90. The van der Waals surface area contributed by atoms with E-state index < -0.39 is 5.60 Å². The summed E-state index contributed by atoms with van der Waals surface area (Å²) in [6, 6.07) is 0. The Bertz CT molecular complexity index is 589. The topological polar surface area (TPSA) is 90.5 Å². The second-order valence-corrected chi connectivity index (χ2v) is 7.21. The Morgan fingerprint density at radius 2 is 2.16 bits per heavy atom. The molecule has 0 spiro atoms. The summed E-state index contributed by atoms with van der Waals surface area (Å²) in [7, 11) is 1.62. The molecule has 1 saturated heterocycles. The number of aromatic amines is 1. The third kappa shape index (κ3) is 4.22. The van der Waals surface area contributed by atoms with Crippen LogP contribution in [-0.2, 0) is 28.9 Å². The molecule has 0 saturated carbocycles. The molecule has 0 radical (unpaired) electrons. The van der Waals surface area contributed by atoms with Crippen LogP contribution in [0.5, 0.6) is 0 Å². The first-order chi connectivity index (χ1) is 12.1. The quantitative estimate of drug-likeness (QED) is 0.632. The number of ether oxygens (including phenoxy) is 1. The van der Waals surface area contributed by atoms with Crippen molar-refractivity contribution in [3.05, 3.63) is 17.0 Å². The summed E-state index contributed by atoms with van der Waals surface area (Å²) in [6.45, 7) is 2.56. The molecular formula is C18H30N4O3. The van der Waals surface area contributed by atoms with Gasteiger partial charge in [0.15, 0.2) is 5.60 Å². The molecule has 1 atom stereocenters. The normalized spacial score (nSPS) is 24.2. The third-order valence-corrected chi connectivity index (χ3v) is 5.37. The van der Waals surface area contributed by atoms with Crippen LogP contribution in [0.25, 0.3) is 0 Å². The van der Waals surface area contributed by atoms with Gasteiger partial charge < -0.3 is 20.1 Å². The minimum absolute atomic E-state index is 0.191. The van der Waals surface area contributed by atoms with Gasteiger partial charge in [0, 0.05) is 39.0 Å². The summed E-state index contributed by atoms with van der Waals surface area (Å²) < 4.78 is 5.05. The summed E-state index contributed by atoms with van der Waals surface area (Å²) in [4.78, 5) is 14.3. The number of carbonyl (C=O) groups excluding carboxylic acids is 1. The number of fused-ring (bicyclic) bond motifs is 1. The van der Waals surface area contributed by atoms with Gasteiger partial charge in [0.2, 0.25) is 0 Å². The number of nitrogens with zero attached hydrogens (tertiary/aromatic N) is 2. The zero-order valence-corrected chi connectivity index (χ0v) is 15.1. The average molecular weight is 350 g/mol. The lowest BCUT2D eigenvalue weighted by Gasteiger charge is -2.38. The first-order valence-electron chi connectivity index (χ1n) is 9.40. The summed E-state index contributed by atoms with van der Waals surface area (Å²) in [5, 5.41) is 21.7. The van der Waals surface area contributed by atoms with Crippen LogP contribution in [0.15, 0.2) is 0 Å². The van der Waals surface area contributed by atoms with Gasteiger partial charge in [0.25, 0.3) is 5.91 Å². The lowest BCUT2D eigenvalue weighted by atomic mass is 9.91. The Balaban J connectivity index is 1.56. The van der Waals surface area contributed by atoms with E-state index in [1.807, 2.05) is 0 Å². The standard InChI is InChI=1S/C18H30N4O3/c1-25-11-10-22-9-5-8-18(24,17(22)23)13-19-12-16-14-6-3-2-4-7-15(14)20-21-16/h19,24H,2-13H2,1H3,(H,20,21). The Morgan fingerprint density at radius 1 is 1.32 bits per heavy atom. The number of hydrogen-bond acceptors (Lipinski definition) is 5. The highest BCUT2D eigenvalue weighted by Gasteiger charge is 2.41. The second kappa shape index (κ2) is 8.29. The van der Waals surface area contributed by atoms with Gasteiger partial charge >= 0.3 is 0 Å². The van der Waals surface area contributed by atoms with E-state index in [0.29, 0.717) is 32.7 Å². The summed E-state index contributed by atoms with van der Waals surface area (Å²) >= 11 is 0. The number of nitrogens with one attached hydrogen (secondary N) is 2. The van der Waals surface area contributed by atoms with Crippen molar-refractivity contribution in [3.63, 3.8) is 0 Å². The summed E-state index contributed by atoms with van der Waals surface area (Å²) in [5.41, 5.74) is 2.29. The van der Waals surface area contributed by atoms with Crippen LogP contribution in [0.1, 0.15) is 49.1 Å². The first-order valence-corrected chi connectivity index (χ1v) is 9.40. The minimum atomic E-state index is -1.32. The first kappa shape index (κ1) is 18.4.